The van der Waals surface area contributed by atoms with Crippen LogP contribution in [0.3, 0.4) is 0 Å². The number of hydrogen-bond donors (Lipinski definition) is 1. The number of nitrogens with zero attached hydrogens (tertiary/aromatic N) is 3. The maximum Gasteiger partial charge on any atom is 0.228 e. The summed E-state index contributed by atoms with van der Waals surface area (Å²) in [6, 6.07) is 0. The van der Waals surface area contributed by atoms with Gasteiger partial charge in [-0.15, -0.1) is 0 Å². The Balaban J connectivity index is 1.63. The van der Waals surface area contributed by atoms with E-state index in [0.717, 1.165) is 49.8 Å². The number of fused-ring (bicyclic) bond motifs is 1. The molecule has 1 saturated carbocycles. The Morgan fingerprint density at radius 3 is 2.68 bits per heavy atom. The molecule has 25 heavy (non-hydrogen) atoms. The van der Waals surface area contributed by atoms with E-state index in [-0.39, 0.29) is 5.91 Å². The average Bonchev–Trinajstić information content (AvgIpc) is 2.65. The molecule has 1 saturated heterocycles. The first kappa shape index (κ1) is 17.0. The van der Waals surface area contributed by atoms with Crippen LogP contribution in [-0.2, 0) is 11.2 Å². The molecule has 2 fully saturated rings. The maximum absolute atomic E-state index is 12.7. The van der Waals surface area contributed by atoms with Crippen molar-refractivity contribution in [2.45, 2.75) is 70.6 Å². The van der Waals surface area contributed by atoms with Crippen LogP contribution in [0.25, 0.3) is 0 Å². The standard InChI is InChI=1S/C20H30N4O/c1-14-17-9-10-18(25)24(13-15-6-3-2-4-7-15)20(17)23-19(22-14)16-8-5-11-21-12-16/h15-16,21H,2-13H2,1H3/t16-/m1/s1. The van der Waals surface area contributed by atoms with Crippen molar-refractivity contribution in [3.63, 3.8) is 0 Å². The lowest BCUT2D eigenvalue weighted by molar-refractivity contribution is -0.119. The summed E-state index contributed by atoms with van der Waals surface area (Å²) in [7, 11) is 0. The van der Waals surface area contributed by atoms with Gasteiger partial charge in [-0.2, -0.15) is 0 Å². The molecule has 0 unspecified atom stereocenters. The van der Waals surface area contributed by atoms with Gasteiger partial charge in [0, 0.05) is 36.7 Å². The summed E-state index contributed by atoms with van der Waals surface area (Å²) in [5, 5.41) is 3.46. The molecule has 1 aliphatic carbocycles. The molecule has 0 aromatic carbocycles. The van der Waals surface area contributed by atoms with Crippen molar-refractivity contribution in [1.82, 2.24) is 15.3 Å². The smallest absolute Gasteiger partial charge is 0.228 e. The molecule has 136 valence electrons. The molecule has 1 aromatic heterocycles. The van der Waals surface area contributed by atoms with Gasteiger partial charge in [0.1, 0.15) is 11.6 Å². The minimum atomic E-state index is 0.254. The Bertz CT molecular complexity index is 633. The summed E-state index contributed by atoms with van der Waals surface area (Å²) in [4.78, 5) is 24.5. The second-order valence-corrected chi connectivity index (χ2v) is 8.02. The number of aromatic nitrogens is 2. The Morgan fingerprint density at radius 1 is 1.08 bits per heavy atom. The molecular weight excluding hydrogens is 312 g/mol. The third-order valence-corrected chi connectivity index (χ3v) is 6.18. The molecule has 1 atom stereocenters. The second-order valence-electron chi connectivity index (χ2n) is 8.02. The van der Waals surface area contributed by atoms with Crippen LogP contribution in [0.1, 0.15) is 74.4 Å². The van der Waals surface area contributed by atoms with Gasteiger partial charge < -0.3 is 5.32 Å². The third-order valence-electron chi connectivity index (χ3n) is 6.18. The van der Waals surface area contributed by atoms with Crippen molar-refractivity contribution in [2.75, 3.05) is 24.5 Å². The summed E-state index contributed by atoms with van der Waals surface area (Å²) in [5.74, 6) is 3.13. The zero-order valence-electron chi connectivity index (χ0n) is 15.4. The van der Waals surface area contributed by atoms with E-state index >= 15 is 0 Å². The zero-order chi connectivity index (χ0) is 17.2. The molecule has 3 aliphatic rings. The van der Waals surface area contributed by atoms with Crippen molar-refractivity contribution < 1.29 is 4.79 Å². The predicted molar refractivity (Wildman–Crippen MR) is 98.9 cm³/mol. The van der Waals surface area contributed by atoms with Gasteiger partial charge in [0.15, 0.2) is 0 Å². The predicted octanol–water partition coefficient (Wildman–Crippen LogP) is 3.11. The lowest BCUT2D eigenvalue weighted by Gasteiger charge is -2.34. The van der Waals surface area contributed by atoms with Crippen LogP contribution in [-0.4, -0.2) is 35.5 Å². The molecule has 0 bridgehead atoms. The number of hydrogen-bond acceptors (Lipinski definition) is 4. The van der Waals surface area contributed by atoms with Gasteiger partial charge in [0.25, 0.3) is 0 Å². The second kappa shape index (κ2) is 7.40. The van der Waals surface area contributed by atoms with Crippen LogP contribution < -0.4 is 10.2 Å². The first-order valence-corrected chi connectivity index (χ1v) is 10.1. The van der Waals surface area contributed by atoms with E-state index < -0.39 is 0 Å². The van der Waals surface area contributed by atoms with Crippen molar-refractivity contribution in [1.29, 1.82) is 0 Å². The van der Waals surface area contributed by atoms with Crippen LogP contribution in [0.2, 0.25) is 0 Å². The monoisotopic (exact) mass is 342 g/mol. The van der Waals surface area contributed by atoms with Gasteiger partial charge in [0.2, 0.25) is 5.91 Å². The summed E-state index contributed by atoms with van der Waals surface area (Å²) >= 11 is 0. The Kier molecular flexibility index (Phi) is 5.02. The third kappa shape index (κ3) is 3.57. The fourth-order valence-corrected chi connectivity index (χ4v) is 4.67. The highest BCUT2D eigenvalue weighted by molar-refractivity contribution is 5.95. The normalized spacial score (nSPS) is 25.1. The summed E-state index contributed by atoms with van der Waals surface area (Å²) in [6.45, 7) is 4.99. The number of carbonyl (C=O) groups excluding carboxylic acids is 1. The van der Waals surface area contributed by atoms with Crippen LogP contribution >= 0.6 is 0 Å². The van der Waals surface area contributed by atoms with E-state index in [1.165, 1.54) is 44.1 Å². The molecule has 5 heteroatoms. The van der Waals surface area contributed by atoms with Gasteiger partial charge >= 0.3 is 0 Å². The Morgan fingerprint density at radius 2 is 1.92 bits per heavy atom. The molecule has 1 amide bonds. The van der Waals surface area contributed by atoms with Crippen LogP contribution in [0, 0.1) is 12.8 Å². The van der Waals surface area contributed by atoms with Gasteiger partial charge in [-0.3, -0.25) is 9.69 Å². The SMILES string of the molecule is Cc1nc([C@@H]2CCCNC2)nc2c1CCC(=O)N2CC1CCCCC1. The molecule has 3 heterocycles. The molecule has 0 radical (unpaired) electrons. The zero-order valence-corrected chi connectivity index (χ0v) is 15.4. The average molecular weight is 342 g/mol. The highest BCUT2D eigenvalue weighted by Crippen LogP contribution is 2.33. The summed E-state index contributed by atoms with van der Waals surface area (Å²) in [6.07, 6.45) is 10.2. The van der Waals surface area contributed by atoms with E-state index in [1.54, 1.807) is 0 Å². The number of piperidine rings is 1. The fourth-order valence-electron chi connectivity index (χ4n) is 4.67. The van der Waals surface area contributed by atoms with Gasteiger partial charge in [-0.05, 0) is 51.5 Å². The molecule has 4 rings (SSSR count). The molecular formula is C20H30N4O. The first-order valence-electron chi connectivity index (χ1n) is 10.1. The van der Waals surface area contributed by atoms with Crippen LogP contribution in [0.4, 0.5) is 5.82 Å². The van der Waals surface area contributed by atoms with Gasteiger partial charge in [-0.1, -0.05) is 19.3 Å². The number of nitrogens with one attached hydrogen (secondary N) is 1. The first-order chi connectivity index (χ1) is 12.2. The highest BCUT2D eigenvalue weighted by atomic mass is 16.2. The van der Waals surface area contributed by atoms with E-state index in [0.29, 0.717) is 18.3 Å². The number of rotatable bonds is 3. The number of aryl methyl sites for hydroxylation is 1. The van der Waals surface area contributed by atoms with Gasteiger partial charge in [-0.25, -0.2) is 9.97 Å². The lowest BCUT2D eigenvalue weighted by Crippen LogP contribution is -2.41. The highest BCUT2D eigenvalue weighted by Gasteiger charge is 2.31. The van der Waals surface area contributed by atoms with Crippen molar-refractivity contribution in [3.05, 3.63) is 17.1 Å². The van der Waals surface area contributed by atoms with Crippen molar-refractivity contribution >= 4 is 11.7 Å². The van der Waals surface area contributed by atoms with Crippen LogP contribution in [0.5, 0.6) is 0 Å². The summed E-state index contributed by atoms with van der Waals surface area (Å²) in [5.41, 5.74) is 2.27. The number of anilines is 1. The van der Waals surface area contributed by atoms with Crippen LogP contribution in [0.15, 0.2) is 0 Å². The molecule has 2 aliphatic heterocycles. The summed E-state index contributed by atoms with van der Waals surface area (Å²) < 4.78 is 0. The van der Waals surface area contributed by atoms with E-state index in [2.05, 4.69) is 12.2 Å². The van der Waals surface area contributed by atoms with E-state index in [9.17, 15) is 4.79 Å². The van der Waals surface area contributed by atoms with Crippen molar-refractivity contribution in [3.8, 4) is 0 Å². The number of carbonyl (C=O) groups is 1. The number of amides is 1. The minimum Gasteiger partial charge on any atom is -0.316 e. The topological polar surface area (TPSA) is 58.1 Å². The van der Waals surface area contributed by atoms with E-state index in [1.807, 2.05) is 4.90 Å². The quantitative estimate of drug-likeness (QED) is 0.917. The molecule has 1 aromatic rings. The molecule has 1 N–H and O–H groups in total. The van der Waals surface area contributed by atoms with Crippen molar-refractivity contribution in [2.24, 2.45) is 5.92 Å². The van der Waals surface area contributed by atoms with E-state index in [4.69, 9.17) is 9.97 Å². The molecule has 5 nitrogen and oxygen atoms in total. The fraction of sp³-hybridized carbons (Fsp3) is 0.750. The molecule has 0 spiro atoms. The maximum atomic E-state index is 12.7. The Hall–Kier alpha value is -1.49. The lowest BCUT2D eigenvalue weighted by atomic mass is 9.88. The largest absolute Gasteiger partial charge is 0.316 e. The Labute approximate surface area is 150 Å². The van der Waals surface area contributed by atoms with Gasteiger partial charge in [0.05, 0.1) is 0 Å². The minimum absolute atomic E-state index is 0.254.